The van der Waals surface area contributed by atoms with Crippen LogP contribution >= 0.6 is 0 Å². The van der Waals surface area contributed by atoms with Crippen molar-refractivity contribution in [2.45, 2.75) is 13.3 Å². The number of aldehydes is 1. The van der Waals surface area contributed by atoms with Crippen molar-refractivity contribution in [3.8, 4) is 11.5 Å². The van der Waals surface area contributed by atoms with E-state index in [2.05, 4.69) is 0 Å². The van der Waals surface area contributed by atoms with Crippen LogP contribution in [0.2, 0.25) is 0 Å². The minimum Gasteiger partial charge on any atom is -0.507 e. The van der Waals surface area contributed by atoms with Gasteiger partial charge in [-0.3, -0.25) is 4.79 Å². The Morgan fingerprint density at radius 3 is 2.88 bits per heavy atom. The first-order valence-corrected chi connectivity index (χ1v) is 5.27. The smallest absolute Gasteiger partial charge is 0.157 e. The molecule has 0 unspecified atom stereocenters. The van der Waals surface area contributed by atoms with Gasteiger partial charge in [0.2, 0.25) is 0 Å². The summed E-state index contributed by atoms with van der Waals surface area (Å²) in [7, 11) is 0. The summed E-state index contributed by atoms with van der Waals surface area (Å²) in [4.78, 5) is 10.7. The van der Waals surface area contributed by atoms with Crippen LogP contribution < -0.4 is 4.74 Å². The van der Waals surface area contributed by atoms with Gasteiger partial charge in [-0.25, -0.2) is 0 Å². The van der Waals surface area contributed by atoms with E-state index in [1.807, 2.05) is 6.92 Å². The van der Waals surface area contributed by atoms with Crippen LogP contribution in [0.25, 0.3) is 0 Å². The number of benzene rings is 1. The third-order valence-electron chi connectivity index (χ3n) is 2.06. The monoisotopic (exact) mass is 224 g/mol. The summed E-state index contributed by atoms with van der Waals surface area (Å²) in [6, 6.07) is 4.75. The van der Waals surface area contributed by atoms with Gasteiger partial charge in [0.25, 0.3) is 0 Å². The number of carbonyl (C=O) groups is 1. The van der Waals surface area contributed by atoms with Crippen LogP contribution in [-0.4, -0.2) is 31.2 Å². The Hall–Kier alpha value is -1.55. The van der Waals surface area contributed by atoms with E-state index in [-0.39, 0.29) is 11.3 Å². The van der Waals surface area contributed by atoms with Gasteiger partial charge in [-0.15, -0.1) is 0 Å². The molecule has 4 nitrogen and oxygen atoms in total. The summed E-state index contributed by atoms with van der Waals surface area (Å²) in [5.74, 6) is 0.351. The first kappa shape index (κ1) is 12.5. The summed E-state index contributed by atoms with van der Waals surface area (Å²) >= 11 is 0. The molecule has 0 aliphatic heterocycles. The molecular weight excluding hydrogens is 208 g/mol. The van der Waals surface area contributed by atoms with E-state index >= 15 is 0 Å². The van der Waals surface area contributed by atoms with Crippen LogP contribution in [0, 0.1) is 0 Å². The summed E-state index contributed by atoms with van der Waals surface area (Å²) in [6.45, 7) is 3.71. The van der Waals surface area contributed by atoms with Gasteiger partial charge >= 0.3 is 0 Å². The average molecular weight is 224 g/mol. The second kappa shape index (κ2) is 6.85. The van der Waals surface area contributed by atoms with Gasteiger partial charge in [0.1, 0.15) is 11.5 Å². The highest BCUT2D eigenvalue weighted by Gasteiger charge is 2.07. The van der Waals surface area contributed by atoms with Crippen molar-refractivity contribution in [1.29, 1.82) is 0 Å². The van der Waals surface area contributed by atoms with Crippen molar-refractivity contribution in [3.05, 3.63) is 23.8 Å². The van der Waals surface area contributed by atoms with Crippen LogP contribution in [0.1, 0.15) is 23.7 Å². The summed E-state index contributed by atoms with van der Waals surface area (Å²) in [5.41, 5.74) is 0.193. The highest BCUT2D eigenvalue weighted by atomic mass is 16.5. The zero-order chi connectivity index (χ0) is 11.8. The van der Waals surface area contributed by atoms with E-state index in [0.29, 0.717) is 31.9 Å². The lowest BCUT2D eigenvalue weighted by Gasteiger charge is -2.09. The van der Waals surface area contributed by atoms with Crippen LogP contribution in [0.15, 0.2) is 18.2 Å². The second-order valence-electron chi connectivity index (χ2n) is 3.21. The van der Waals surface area contributed by atoms with E-state index in [1.54, 1.807) is 12.1 Å². The Balaban J connectivity index is 2.47. The third-order valence-corrected chi connectivity index (χ3v) is 2.06. The normalized spacial score (nSPS) is 10.1. The second-order valence-corrected chi connectivity index (χ2v) is 3.21. The molecule has 16 heavy (non-hydrogen) atoms. The lowest BCUT2D eigenvalue weighted by Crippen LogP contribution is -2.04. The lowest BCUT2D eigenvalue weighted by atomic mass is 10.2. The van der Waals surface area contributed by atoms with Crippen molar-refractivity contribution >= 4 is 6.29 Å². The molecule has 0 atom stereocenters. The molecule has 1 N–H and O–H groups in total. The number of carbonyl (C=O) groups excluding carboxylic acids is 1. The van der Waals surface area contributed by atoms with Crippen LogP contribution in [-0.2, 0) is 4.74 Å². The fourth-order valence-electron chi connectivity index (χ4n) is 1.26. The highest BCUT2D eigenvalue weighted by molar-refractivity contribution is 5.83. The maximum absolute atomic E-state index is 10.7. The van der Waals surface area contributed by atoms with E-state index in [4.69, 9.17) is 9.47 Å². The van der Waals surface area contributed by atoms with Crippen molar-refractivity contribution in [2.24, 2.45) is 0 Å². The summed E-state index contributed by atoms with van der Waals surface area (Å²) in [5, 5.41) is 9.40. The Bertz CT molecular complexity index is 336. The number of hydrogen-bond donors (Lipinski definition) is 1. The Kier molecular flexibility index (Phi) is 5.36. The topological polar surface area (TPSA) is 55.8 Å². The van der Waals surface area contributed by atoms with Gasteiger partial charge in [0, 0.05) is 19.6 Å². The molecule has 1 aromatic carbocycles. The molecule has 0 radical (unpaired) electrons. The Labute approximate surface area is 94.8 Å². The molecular formula is C12H16O4. The SMILES string of the molecule is CCOCCCOc1cccc(O)c1C=O. The molecule has 88 valence electrons. The van der Waals surface area contributed by atoms with Gasteiger partial charge < -0.3 is 14.6 Å². The molecule has 1 rings (SSSR count). The van der Waals surface area contributed by atoms with Gasteiger partial charge in [-0.2, -0.15) is 0 Å². The minimum atomic E-state index is -0.0580. The van der Waals surface area contributed by atoms with Crippen LogP contribution in [0.3, 0.4) is 0 Å². The highest BCUT2D eigenvalue weighted by Crippen LogP contribution is 2.25. The van der Waals surface area contributed by atoms with Gasteiger partial charge in [-0.1, -0.05) is 6.07 Å². The number of aromatic hydroxyl groups is 1. The quantitative estimate of drug-likeness (QED) is 0.568. The van der Waals surface area contributed by atoms with Crippen molar-refractivity contribution in [2.75, 3.05) is 19.8 Å². The molecule has 0 fully saturated rings. The van der Waals surface area contributed by atoms with E-state index in [9.17, 15) is 9.90 Å². The molecule has 4 heteroatoms. The molecule has 0 saturated carbocycles. The first-order valence-electron chi connectivity index (χ1n) is 5.27. The van der Waals surface area contributed by atoms with Crippen molar-refractivity contribution in [3.63, 3.8) is 0 Å². The molecule has 0 spiro atoms. The van der Waals surface area contributed by atoms with E-state index in [1.165, 1.54) is 6.07 Å². The van der Waals surface area contributed by atoms with E-state index in [0.717, 1.165) is 6.42 Å². The maximum atomic E-state index is 10.7. The fourth-order valence-corrected chi connectivity index (χ4v) is 1.26. The number of ether oxygens (including phenoxy) is 2. The predicted octanol–water partition coefficient (Wildman–Crippen LogP) is 2.01. The van der Waals surface area contributed by atoms with Gasteiger partial charge in [-0.05, 0) is 19.1 Å². The Morgan fingerprint density at radius 2 is 2.19 bits per heavy atom. The maximum Gasteiger partial charge on any atom is 0.157 e. The largest absolute Gasteiger partial charge is 0.507 e. The summed E-state index contributed by atoms with van der Waals surface area (Å²) in [6.07, 6.45) is 1.34. The first-order chi connectivity index (χ1) is 7.79. The molecule has 0 aromatic heterocycles. The molecule has 0 amide bonds. The molecule has 0 aliphatic rings. The molecule has 0 bridgehead atoms. The number of phenols is 1. The zero-order valence-corrected chi connectivity index (χ0v) is 9.31. The average Bonchev–Trinajstić information content (AvgIpc) is 2.29. The van der Waals surface area contributed by atoms with Crippen LogP contribution in [0.5, 0.6) is 11.5 Å². The lowest BCUT2D eigenvalue weighted by molar-refractivity contribution is 0.111. The predicted molar refractivity (Wildman–Crippen MR) is 60.1 cm³/mol. The number of rotatable bonds is 7. The summed E-state index contributed by atoms with van der Waals surface area (Å²) < 4.78 is 10.5. The third kappa shape index (κ3) is 3.55. The molecule has 1 aromatic rings. The standard InChI is InChI=1S/C12H16O4/c1-2-15-7-4-8-16-12-6-3-5-11(14)10(12)9-13/h3,5-6,9,14H,2,4,7-8H2,1H3. The van der Waals surface area contributed by atoms with Gasteiger partial charge in [0.15, 0.2) is 6.29 Å². The minimum absolute atomic E-state index is 0.0580. The van der Waals surface area contributed by atoms with E-state index < -0.39 is 0 Å². The van der Waals surface area contributed by atoms with Crippen LogP contribution in [0.4, 0.5) is 0 Å². The van der Waals surface area contributed by atoms with Gasteiger partial charge in [0.05, 0.1) is 12.2 Å². The van der Waals surface area contributed by atoms with Crippen molar-refractivity contribution < 1.29 is 19.4 Å². The zero-order valence-electron chi connectivity index (χ0n) is 9.31. The number of hydrogen-bond acceptors (Lipinski definition) is 4. The Morgan fingerprint density at radius 1 is 1.38 bits per heavy atom. The van der Waals surface area contributed by atoms with Crippen molar-refractivity contribution in [1.82, 2.24) is 0 Å². The molecule has 0 heterocycles. The molecule has 0 aliphatic carbocycles. The number of phenolic OH excluding ortho intramolecular Hbond substituents is 1. The fraction of sp³-hybridized carbons (Fsp3) is 0.417. The molecule has 0 saturated heterocycles.